The van der Waals surface area contributed by atoms with Crippen molar-refractivity contribution >= 4 is 29.9 Å². The number of aryl methyl sites for hydroxylation is 1. The van der Waals surface area contributed by atoms with Gasteiger partial charge in [-0.2, -0.15) is 0 Å². The van der Waals surface area contributed by atoms with Gasteiger partial charge >= 0.3 is 0 Å². The number of nitrogens with zero attached hydrogens (tertiary/aromatic N) is 4. The normalized spacial score (nSPS) is 18.1. The summed E-state index contributed by atoms with van der Waals surface area (Å²) in [6.07, 6.45) is 8.79. The number of halogens is 2. The Bertz CT molecular complexity index is 843. The van der Waals surface area contributed by atoms with Crippen LogP contribution in [0.5, 0.6) is 0 Å². The Kier molecular flexibility index (Phi) is 6.62. The van der Waals surface area contributed by atoms with Crippen molar-refractivity contribution in [1.82, 2.24) is 19.8 Å². The fraction of sp³-hybridized carbons (Fsp3) is 0.524. The lowest BCUT2D eigenvalue weighted by atomic mass is 9.68. The van der Waals surface area contributed by atoms with E-state index in [-0.39, 0.29) is 29.8 Å². The first kappa shape index (κ1) is 21.1. The second-order valence-electron chi connectivity index (χ2n) is 7.83. The lowest BCUT2D eigenvalue weighted by Gasteiger charge is -2.38. The van der Waals surface area contributed by atoms with Crippen LogP contribution in [0, 0.1) is 18.2 Å². The van der Waals surface area contributed by atoms with Crippen LogP contribution in [-0.4, -0.2) is 40.0 Å². The molecule has 2 aliphatic rings. The van der Waals surface area contributed by atoms with Crippen molar-refractivity contribution in [2.75, 3.05) is 19.6 Å². The molecule has 0 radical (unpaired) electrons. The van der Waals surface area contributed by atoms with Gasteiger partial charge in [0.2, 0.25) is 0 Å². The molecule has 1 saturated heterocycles. The quantitative estimate of drug-likeness (QED) is 0.390. The van der Waals surface area contributed by atoms with Gasteiger partial charge in [-0.05, 0) is 56.2 Å². The number of imidazole rings is 1. The summed E-state index contributed by atoms with van der Waals surface area (Å²) < 4.78 is 16.4. The highest BCUT2D eigenvalue weighted by molar-refractivity contribution is 14.0. The molecule has 0 atom stereocenters. The van der Waals surface area contributed by atoms with Gasteiger partial charge in [0.1, 0.15) is 11.6 Å². The lowest BCUT2D eigenvalue weighted by molar-refractivity contribution is 0.151. The van der Waals surface area contributed by atoms with Crippen LogP contribution in [0.2, 0.25) is 0 Å². The largest absolute Gasteiger partial charge is 0.357 e. The summed E-state index contributed by atoms with van der Waals surface area (Å²) in [5.41, 5.74) is 1.94. The summed E-state index contributed by atoms with van der Waals surface area (Å²) in [6, 6.07) is 5.34. The van der Waals surface area contributed by atoms with Crippen molar-refractivity contribution in [3.8, 4) is 5.69 Å². The van der Waals surface area contributed by atoms with E-state index >= 15 is 0 Å². The Morgan fingerprint density at radius 2 is 2.14 bits per heavy atom. The van der Waals surface area contributed by atoms with Crippen LogP contribution in [0.1, 0.15) is 44.0 Å². The van der Waals surface area contributed by atoms with Gasteiger partial charge in [0.25, 0.3) is 0 Å². The third kappa shape index (κ3) is 4.18. The molecule has 0 bridgehead atoms. The van der Waals surface area contributed by atoms with Gasteiger partial charge in [0.15, 0.2) is 5.96 Å². The van der Waals surface area contributed by atoms with Crippen molar-refractivity contribution in [2.24, 2.45) is 10.4 Å². The molecule has 2 fully saturated rings. The van der Waals surface area contributed by atoms with Gasteiger partial charge in [0, 0.05) is 32.0 Å². The van der Waals surface area contributed by atoms with Crippen LogP contribution in [0.3, 0.4) is 0 Å². The van der Waals surface area contributed by atoms with Crippen LogP contribution in [0.4, 0.5) is 4.39 Å². The van der Waals surface area contributed by atoms with Crippen molar-refractivity contribution in [1.29, 1.82) is 0 Å². The summed E-state index contributed by atoms with van der Waals surface area (Å²) in [6.45, 7) is 7.45. The van der Waals surface area contributed by atoms with E-state index < -0.39 is 0 Å². The van der Waals surface area contributed by atoms with Crippen LogP contribution in [0.25, 0.3) is 5.69 Å². The third-order valence-corrected chi connectivity index (χ3v) is 6.00. The minimum Gasteiger partial charge on any atom is -0.357 e. The molecule has 1 aromatic heterocycles. The monoisotopic (exact) mass is 497 g/mol. The van der Waals surface area contributed by atoms with E-state index in [1.165, 1.54) is 25.7 Å². The van der Waals surface area contributed by atoms with Gasteiger partial charge in [-0.15, -0.1) is 24.0 Å². The van der Waals surface area contributed by atoms with Crippen molar-refractivity contribution < 1.29 is 4.39 Å². The molecule has 0 unspecified atom stereocenters. The SMILES string of the molecule is CCNC(=NCc1ccc(-n2ccnc2C)c(F)c1)N1CCC2(CCC2)C1.I. The number of guanidine groups is 1. The van der Waals surface area contributed by atoms with Crippen molar-refractivity contribution in [3.63, 3.8) is 0 Å². The molecule has 4 rings (SSSR count). The maximum absolute atomic E-state index is 14.6. The molecule has 2 heterocycles. The highest BCUT2D eigenvalue weighted by atomic mass is 127. The zero-order valence-corrected chi connectivity index (χ0v) is 18.9. The molecule has 0 amide bonds. The number of benzene rings is 1. The lowest BCUT2D eigenvalue weighted by Crippen LogP contribution is -2.42. The summed E-state index contributed by atoms with van der Waals surface area (Å²) >= 11 is 0. The van der Waals surface area contributed by atoms with Crippen LogP contribution >= 0.6 is 24.0 Å². The van der Waals surface area contributed by atoms with E-state index in [0.29, 0.717) is 17.6 Å². The van der Waals surface area contributed by atoms with Gasteiger partial charge in [-0.3, -0.25) is 0 Å². The van der Waals surface area contributed by atoms with E-state index in [9.17, 15) is 4.39 Å². The molecule has 1 spiro atoms. The average Bonchev–Trinajstić information content (AvgIpc) is 3.25. The zero-order valence-electron chi connectivity index (χ0n) is 16.6. The smallest absolute Gasteiger partial charge is 0.194 e. The molecule has 152 valence electrons. The Morgan fingerprint density at radius 3 is 2.71 bits per heavy atom. The summed E-state index contributed by atoms with van der Waals surface area (Å²) in [4.78, 5) is 11.3. The molecule has 1 saturated carbocycles. The first-order valence-corrected chi connectivity index (χ1v) is 9.92. The fourth-order valence-corrected chi connectivity index (χ4v) is 4.27. The predicted octanol–water partition coefficient (Wildman–Crippen LogP) is 4.28. The second kappa shape index (κ2) is 8.80. The van der Waals surface area contributed by atoms with E-state index in [2.05, 4.69) is 22.1 Å². The fourth-order valence-electron chi connectivity index (χ4n) is 4.27. The average molecular weight is 497 g/mol. The molecule has 2 aromatic rings. The Morgan fingerprint density at radius 1 is 1.32 bits per heavy atom. The number of likely N-dealkylation sites (tertiary alicyclic amines) is 1. The van der Waals surface area contributed by atoms with Crippen LogP contribution in [-0.2, 0) is 6.54 Å². The van der Waals surface area contributed by atoms with Gasteiger partial charge < -0.3 is 14.8 Å². The molecule has 1 aliphatic heterocycles. The molecule has 7 heteroatoms. The highest BCUT2D eigenvalue weighted by Gasteiger charge is 2.43. The second-order valence-corrected chi connectivity index (χ2v) is 7.83. The minimum atomic E-state index is -0.247. The van der Waals surface area contributed by atoms with Crippen LogP contribution < -0.4 is 5.32 Å². The molecular weight excluding hydrogens is 468 g/mol. The van der Waals surface area contributed by atoms with E-state index in [0.717, 1.165) is 37.0 Å². The number of hydrogen-bond acceptors (Lipinski definition) is 2. The number of aliphatic imine (C=N–C) groups is 1. The number of aromatic nitrogens is 2. The maximum Gasteiger partial charge on any atom is 0.194 e. The Labute approximate surface area is 183 Å². The number of nitrogens with one attached hydrogen (secondary N) is 1. The van der Waals surface area contributed by atoms with Crippen LogP contribution in [0.15, 0.2) is 35.6 Å². The standard InChI is InChI=1S/C21H28FN5.HI/c1-3-23-20(26-11-9-21(15-26)7-4-8-21)25-14-17-5-6-19(18(22)13-17)27-12-10-24-16(27)2;/h5-6,10,12-13H,3-4,7-9,11,14-15H2,1-2H3,(H,23,25);1H. The van der Waals surface area contributed by atoms with Gasteiger partial charge in [0.05, 0.1) is 12.2 Å². The summed E-state index contributed by atoms with van der Waals surface area (Å²) in [7, 11) is 0. The molecule has 5 nitrogen and oxygen atoms in total. The molecular formula is C21H29FIN5. The minimum absolute atomic E-state index is 0. The predicted molar refractivity (Wildman–Crippen MR) is 121 cm³/mol. The molecule has 1 N–H and O–H groups in total. The first-order valence-electron chi connectivity index (χ1n) is 9.92. The van der Waals surface area contributed by atoms with E-state index in [4.69, 9.17) is 4.99 Å². The third-order valence-electron chi connectivity index (χ3n) is 6.00. The van der Waals surface area contributed by atoms with Gasteiger partial charge in [-0.25, -0.2) is 14.4 Å². The van der Waals surface area contributed by atoms with Crippen molar-refractivity contribution in [2.45, 2.75) is 46.1 Å². The summed E-state index contributed by atoms with van der Waals surface area (Å²) in [5, 5.41) is 3.41. The topological polar surface area (TPSA) is 45.5 Å². The number of hydrogen-bond donors (Lipinski definition) is 1. The molecule has 28 heavy (non-hydrogen) atoms. The summed E-state index contributed by atoms with van der Waals surface area (Å²) in [5.74, 6) is 1.48. The van der Waals surface area contributed by atoms with Crippen molar-refractivity contribution in [3.05, 3.63) is 47.8 Å². The Balaban J connectivity index is 0.00000225. The number of rotatable bonds is 4. The zero-order chi connectivity index (χ0) is 18.9. The highest BCUT2D eigenvalue weighted by Crippen LogP contribution is 2.47. The first-order chi connectivity index (χ1) is 13.1. The van der Waals surface area contributed by atoms with E-state index in [1.54, 1.807) is 29.1 Å². The van der Waals surface area contributed by atoms with E-state index in [1.807, 2.05) is 13.0 Å². The van der Waals surface area contributed by atoms with Gasteiger partial charge in [-0.1, -0.05) is 12.5 Å². The maximum atomic E-state index is 14.6. The molecule has 1 aliphatic carbocycles. The Hall–Kier alpha value is -1.64. The molecule has 1 aromatic carbocycles.